The molecule has 0 saturated heterocycles. The average molecular weight is 481 g/mol. The van der Waals surface area contributed by atoms with Crippen LogP contribution in [0.4, 0.5) is 0 Å². The van der Waals surface area contributed by atoms with Gasteiger partial charge < -0.3 is 24.6 Å². The molecule has 0 atom stereocenters. The molecule has 0 saturated carbocycles. The number of carbonyl (C=O) groups excluding carboxylic acids is 3. The molecular weight excluding hydrogens is 440 g/mol. The highest BCUT2D eigenvalue weighted by Gasteiger charge is 2.21. The number of aryl methyl sites for hydroxylation is 1. The Kier molecular flexibility index (Phi) is 11.5. The van der Waals surface area contributed by atoms with Crippen LogP contribution in [0.15, 0.2) is 18.2 Å². The molecule has 9 nitrogen and oxygen atoms in total. The molecule has 0 aromatic heterocycles. The number of nitrogens with one attached hydrogen (secondary N) is 1. The van der Waals surface area contributed by atoms with Crippen LogP contribution in [0.25, 0.3) is 0 Å². The van der Waals surface area contributed by atoms with Gasteiger partial charge in [-0.1, -0.05) is 12.1 Å². The highest BCUT2D eigenvalue weighted by molar-refractivity contribution is 5.72. The second kappa shape index (κ2) is 13.3. The third-order valence-corrected chi connectivity index (χ3v) is 4.45. The molecule has 34 heavy (non-hydrogen) atoms. The SMILES string of the molecule is COC(=O)CCc1ccc(O)c(CN(CCNCC(=O)OC(C)(C)C)CC(=O)OC(C)(C)C)c1. The van der Waals surface area contributed by atoms with Crippen molar-refractivity contribution in [1.82, 2.24) is 10.2 Å². The van der Waals surface area contributed by atoms with Crippen molar-refractivity contribution in [3.63, 3.8) is 0 Å². The topological polar surface area (TPSA) is 114 Å². The number of hydrogen-bond donors (Lipinski definition) is 2. The number of benzene rings is 1. The molecule has 192 valence electrons. The predicted molar refractivity (Wildman–Crippen MR) is 128 cm³/mol. The number of phenolic OH excluding ortho intramolecular Hbond substituents is 1. The lowest BCUT2D eigenvalue weighted by atomic mass is 10.0. The van der Waals surface area contributed by atoms with Gasteiger partial charge in [0.15, 0.2) is 0 Å². The van der Waals surface area contributed by atoms with E-state index in [9.17, 15) is 19.5 Å². The molecule has 1 aromatic carbocycles. The predicted octanol–water partition coefficient (Wildman–Crippen LogP) is 2.57. The van der Waals surface area contributed by atoms with Crippen LogP contribution >= 0.6 is 0 Å². The number of rotatable bonds is 12. The van der Waals surface area contributed by atoms with Crippen LogP contribution in [0.2, 0.25) is 0 Å². The Morgan fingerprint density at radius 1 is 0.971 bits per heavy atom. The summed E-state index contributed by atoms with van der Waals surface area (Å²) in [5, 5.41) is 13.4. The zero-order valence-corrected chi connectivity index (χ0v) is 21.5. The summed E-state index contributed by atoms with van der Waals surface area (Å²) in [4.78, 5) is 37.6. The van der Waals surface area contributed by atoms with Gasteiger partial charge >= 0.3 is 17.9 Å². The van der Waals surface area contributed by atoms with Gasteiger partial charge in [0, 0.05) is 31.6 Å². The summed E-state index contributed by atoms with van der Waals surface area (Å²) < 4.78 is 15.4. The quantitative estimate of drug-likeness (QED) is 0.265. The first-order valence-corrected chi connectivity index (χ1v) is 11.4. The van der Waals surface area contributed by atoms with E-state index in [1.165, 1.54) is 7.11 Å². The highest BCUT2D eigenvalue weighted by atomic mass is 16.6. The van der Waals surface area contributed by atoms with Gasteiger partial charge in [0.2, 0.25) is 0 Å². The number of aromatic hydroxyl groups is 1. The molecule has 0 aliphatic rings. The third-order valence-electron chi connectivity index (χ3n) is 4.45. The van der Waals surface area contributed by atoms with Crippen molar-refractivity contribution < 1.29 is 33.7 Å². The second-order valence-corrected chi connectivity index (χ2v) is 10.1. The molecule has 1 rings (SSSR count). The van der Waals surface area contributed by atoms with E-state index in [-0.39, 0.29) is 49.7 Å². The maximum Gasteiger partial charge on any atom is 0.320 e. The molecule has 0 spiro atoms. The summed E-state index contributed by atoms with van der Waals surface area (Å²) >= 11 is 0. The lowest BCUT2D eigenvalue weighted by molar-refractivity contribution is -0.157. The first-order valence-electron chi connectivity index (χ1n) is 11.4. The van der Waals surface area contributed by atoms with Crippen molar-refractivity contribution in [2.45, 2.75) is 72.1 Å². The number of ether oxygens (including phenoxy) is 3. The molecule has 9 heteroatoms. The summed E-state index contributed by atoms with van der Waals surface area (Å²) in [7, 11) is 1.34. The fraction of sp³-hybridized carbons (Fsp3) is 0.640. The minimum absolute atomic E-state index is 0.0111. The maximum atomic E-state index is 12.4. The van der Waals surface area contributed by atoms with Gasteiger partial charge in [0.25, 0.3) is 0 Å². The van der Waals surface area contributed by atoms with Crippen LogP contribution in [0, 0.1) is 0 Å². The zero-order valence-electron chi connectivity index (χ0n) is 21.5. The maximum absolute atomic E-state index is 12.4. The van der Waals surface area contributed by atoms with Gasteiger partial charge in [-0.2, -0.15) is 0 Å². The molecule has 2 N–H and O–H groups in total. The Hall–Kier alpha value is -2.65. The summed E-state index contributed by atoms with van der Waals surface area (Å²) in [6.07, 6.45) is 0.709. The average Bonchev–Trinajstić information content (AvgIpc) is 2.68. The van der Waals surface area contributed by atoms with E-state index < -0.39 is 11.2 Å². The molecule has 1 aromatic rings. The van der Waals surface area contributed by atoms with Crippen molar-refractivity contribution in [3.8, 4) is 5.75 Å². The van der Waals surface area contributed by atoms with Gasteiger partial charge in [0.1, 0.15) is 17.0 Å². The molecule has 0 heterocycles. The number of carbonyl (C=O) groups is 3. The van der Waals surface area contributed by atoms with Crippen LogP contribution < -0.4 is 5.32 Å². The van der Waals surface area contributed by atoms with Gasteiger partial charge in [-0.15, -0.1) is 0 Å². The number of phenols is 1. The van der Waals surface area contributed by atoms with E-state index in [1.807, 2.05) is 11.0 Å². The largest absolute Gasteiger partial charge is 0.508 e. The van der Waals surface area contributed by atoms with Crippen LogP contribution in [0.3, 0.4) is 0 Å². The van der Waals surface area contributed by atoms with Gasteiger partial charge in [-0.3, -0.25) is 19.3 Å². The van der Waals surface area contributed by atoms with Crippen molar-refractivity contribution in [3.05, 3.63) is 29.3 Å². The highest BCUT2D eigenvalue weighted by Crippen LogP contribution is 2.21. The fourth-order valence-corrected chi connectivity index (χ4v) is 3.09. The Labute approximate surface area is 202 Å². The normalized spacial score (nSPS) is 11.9. The summed E-state index contributed by atoms with van der Waals surface area (Å²) in [5.41, 5.74) is 0.322. The fourth-order valence-electron chi connectivity index (χ4n) is 3.09. The van der Waals surface area contributed by atoms with Crippen LogP contribution in [-0.2, 0) is 41.6 Å². The molecule has 0 radical (unpaired) electrons. The molecule has 0 unspecified atom stereocenters. The third kappa shape index (κ3) is 13.2. The Morgan fingerprint density at radius 3 is 2.18 bits per heavy atom. The first-order chi connectivity index (χ1) is 15.7. The summed E-state index contributed by atoms with van der Waals surface area (Å²) in [6, 6.07) is 5.14. The lowest BCUT2D eigenvalue weighted by Crippen LogP contribution is -2.39. The van der Waals surface area contributed by atoms with Crippen molar-refractivity contribution >= 4 is 17.9 Å². The molecular formula is C25H40N2O7. The number of hydrogen-bond acceptors (Lipinski definition) is 9. The molecule has 0 aliphatic heterocycles. The Morgan fingerprint density at radius 2 is 1.59 bits per heavy atom. The lowest BCUT2D eigenvalue weighted by Gasteiger charge is -2.26. The standard InChI is InChI=1S/C25H40N2O7/c1-24(2,3)33-22(30)15-26-12-13-27(17-23(31)34-25(4,5)6)16-19-14-18(8-10-20(19)28)9-11-21(29)32-7/h8,10,14,26,28H,9,11-13,15-17H2,1-7H3. The van der Waals surface area contributed by atoms with E-state index in [0.717, 1.165) is 5.56 Å². The van der Waals surface area contributed by atoms with E-state index in [2.05, 4.69) is 10.1 Å². The zero-order chi connectivity index (χ0) is 25.9. The van der Waals surface area contributed by atoms with Crippen molar-refractivity contribution in [1.29, 1.82) is 0 Å². The molecule has 0 fully saturated rings. The number of esters is 3. The summed E-state index contributed by atoms with van der Waals surface area (Å²) in [5.74, 6) is -0.960. The van der Waals surface area contributed by atoms with Crippen LogP contribution in [0.1, 0.15) is 59.1 Å². The van der Waals surface area contributed by atoms with Crippen molar-refractivity contribution in [2.75, 3.05) is 33.3 Å². The monoisotopic (exact) mass is 480 g/mol. The van der Waals surface area contributed by atoms with E-state index in [1.54, 1.807) is 53.7 Å². The second-order valence-electron chi connectivity index (χ2n) is 10.1. The van der Waals surface area contributed by atoms with Gasteiger partial charge in [-0.05, 0) is 59.6 Å². The minimum Gasteiger partial charge on any atom is -0.508 e. The van der Waals surface area contributed by atoms with E-state index in [0.29, 0.717) is 25.1 Å². The summed E-state index contributed by atoms with van der Waals surface area (Å²) in [6.45, 7) is 12.0. The molecule has 0 aliphatic carbocycles. The smallest absolute Gasteiger partial charge is 0.320 e. The van der Waals surface area contributed by atoms with Gasteiger partial charge in [-0.25, -0.2) is 0 Å². The molecule has 0 bridgehead atoms. The van der Waals surface area contributed by atoms with Gasteiger partial charge in [0.05, 0.1) is 20.2 Å². The Bertz CT molecular complexity index is 826. The van der Waals surface area contributed by atoms with Crippen LogP contribution in [-0.4, -0.2) is 72.4 Å². The molecule has 0 amide bonds. The van der Waals surface area contributed by atoms with Crippen molar-refractivity contribution in [2.24, 2.45) is 0 Å². The minimum atomic E-state index is -0.617. The van der Waals surface area contributed by atoms with E-state index in [4.69, 9.17) is 9.47 Å². The Balaban J connectivity index is 2.83. The van der Waals surface area contributed by atoms with Crippen LogP contribution in [0.5, 0.6) is 5.75 Å². The number of methoxy groups -OCH3 is 1. The first kappa shape index (κ1) is 29.4. The number of nitrogens with zero attached hydrogens (tertiary/aromatic N) is 1. The van der Waals surface area contributed by atoms with E-state index >= 15 is 0 Å².